The first-order valence-electron chi connectivity index (χ1n) is 8.88. The summed E-state index contributed by atoms with van der Waals surface area (Å²) >= 11 is 0. The van der Waals surface area contributed by atoms with Crippen LogP contribution in [0.4, 0.5) is 0 Å². The van der Waals surface area contributed by atoms with Crippen LogP contribution in [0.3, 0.4) is 0 Å². The highest BCUT2D eigenvalue weighted by atomic mass is 16.1. The average molecular weight is 354 g/mol. The molecule has 4 aromatic rings. The van der Waals surface area contributed by atoms with E-state index in [2.05, 4.69) is 40.3 Å². The molecule has 0 atom stereocenters. The van der Waals surface area contributed by atoms with E-state index < -0.39 is 0 Å². The summed E-state index contributed by atoms with van der Waals surface area (Å²) in [5, 5.41) is 0. The molecule has 0 amide bonds. The Labute approximate surface area is 156 Å². The molecule has 0 spiro atoms. The molecule has 1 aliphatic rings. The molecule has 0 unspecified atom stereocenters. The Morgan fingerprint density at radius 2 is 1.78 bits per heavy atom. The Bertz CT molecular complexity index is 1290. The van der Waals surface area contributed by atoms with Gasteiger partial charge >= 0.3 is 0 Å². The fourth-order valence-electron chi connectivity index (χ4n) is 3.69. The number of hydrogen-bond acceptors (Lipinski definition) is 3. The molecule has 5 rings (SSSR count). The molecule has 0 aliphatic heterocycles. The predicted molar refractivity (Wildman–Crippen MR) is 106 cm³/mol. The lowest BCUT2D eigenvalue weighted by Gasteiger charge is -2.10. The number of pyridine rings is 2. The smallest absolute Gasteiger partial charge is 0.250 e. The second kappa shape index (κ2) is 5.77. The summed E-state index contributed by atoms with van der Waals surface area (Å²) < 4.78 is 3.63. The molecule has 0 radical (unpaired) electrons. The molecule has 3 heterocycles. The summed E-state index contributed by atoms with van der Waals surface area (Å²) in [7, 11) is 3.77. The van der Waals surface area contributed by atoms with Crippen molar-refractivity contribution in [3.63, 3.8) is 0 Å². The van der Waals surface area contributed by atoms with E-state index in [1.807, 2.05) is 36.4 Å². The molecule has 3 aromatic heterocycles. The molecule has 0 N–H and O–H groups in total. The maximum Gasteiger partial charge on any atom is 0.250 e. The summed E-state index contributed by atoms with van der Waals surface area (Å²) in [6.45, 7) is 0. The van der Waals surface area contributed by atoms with Crippen LogP contribution in [0.25, 0.3) is 27.7 Å². The third-order valence-electron chi connectivity index (χ3n) is 5.22. The zero-order valence-corrected chi connectivity index (χ0v) is 15.2. The van der Waals surface area contributed by atoms with Gasteiger partial charge in [0.1, 0.15) is 0 Å². The number of nitrogens with zero attached hydrogens (tertiary/aromatic N) is 4. The largest absolute Gasteiger partial charge is 0.334 e. The normalized spacial score (nSPS) is 13.0. The van der Waals surface area contributed by atoms with Crippen LogP contribution in [0.15, 0.2) is 66.0 Å². The van der Waals surface area contributed by atoms with E-state index in [0.717, 1.165) is 39.8 Å². The van der Waals surface area contributed by atoms with Crippen molar-refractivity contribution < 1.29 is 0 Å². The molecule has 5 heteroatoms. The first-order chi connectivity index (χ1) is 13.1. The summed E-state index contributed by atoms with van der Waals surface area (Å²) in [6.07, 6.45) is 8.65. The highest BCUT2D eigenvalue weighted by molar-refractivity contribution is 5.89. The first-order valence-corrected chi connectivity index (χ1v) is 8.88. The topological polar surface area (TPSA) is 52.7 Å². The molecule has 0 saturated heterocycles. The number of imidazole rings is 1. The Kier molecular flexibility index (Phi) is 3.37. The van der Waals surface area contributed by atoms with Gasteiger partial charge in [-0.25, -0.2) is 4.98 Å². The predicted octanol–water partition coefficient (Wildman–Crippen LogP) is 3.32. The molecule has 27 heavy (non-hydrogen) atoms. The average Bonchev–Trinajstić information content (AvgIpc) is 3.27. The maximum absolute atomic E-state index is 11.7. The molecular weight excluding hydrogens is 336 g/mol. The Balaban J connectivity index is 1.61. The number of aromatic nitrogens is 4. The standard InChI is InChI=1S/C22H18N4O/c1-25-12-15(4-8-22(25)27)16-9-18-17(5-7-19(18)23-11-16)14-3-6-20-21(10-14)26(2)13-24-20/h3-6,8-13H,7H2,1-2H3. The highest BCUT2D eigenvalue weighted by Crippen LogP contribution is 2.35. The molecule has 132 valence electrons. The zero-order chi connectivity index (χ0) is 18.5. The van der Waals surface area contributed by atoms with Crippen molar-refractivity contribution in [1.29, 1.82) is 0 Å². The van der Waals surface area contributed by atoms with Crippen LogP contribution < -0.4 is 5.56 Å². The zero-order valence-electron chi connectivity index (χ0n) is 15.2. The van der Waals surface area contributed by atoms with Gasteiger partial charge in [-0.15, -0.1) is 0 Å². The molecule has 0 fully saturated rings. The van der Waals surface area contributed by atoms with Crippen molar-refractivity contribution in [3.05, 3.63) is 88.4 Å². The van der Waals surface area contributed by atoms with Crippen molar-refractivity contribution >= 4 is 16.6 Å². The van der Waals surface area contributed by atoms with Crippen LogP contribution in [-0.4, -0.2) is 19.1 Å². The number of allylic oxidation sites excluding steroid dienone is 1. The highest BCUT2D eigenvalue weighted by Gasteiger charge is 2.18. The monoisotopic (exact) mass is 354 g/mol. The van der Waals surface area contributed by atoms with Crippen LogP contribution in [0.2, 0.25) is 0 Å². The molecule has 5 nitrogen and oxygen atoms in total. The minimum atomic E-state index is -0.0158. The van der Waals surface area contributed by atoms with E-state index in [-0.39, 0.29) is 5.56 Å². The Hall–Kier alpha value is -3.47. The van der Waals surface area contributed by atoms with E-state index in [4.69, 9.17) is 0 Å². The fourth-order valence-corrected chi connectivity index (χ4v) is 3.69. The van der Waals surface area contributed by atoms with Gasteiger partial charge in [-0.2, -0.15) is 0 Å². The molecule has 1 aromatic carbocycles. The number of fused-ring (bicyclic) bond motifs is 2. The van der Waals surface area contributed by atoms with Crippen molar-refractivity contribution in [3.8, 4) is 11.1 Å². The Morgan fingerprint density at radius 3 is 2.63 bits per heavy atom. The summed E-state index contributed by atoms with van der Waals surface area (Å²) in [5.41, 5.74) is 8.71. The number of hydrogen-bond donors (Lipinski definition) is 0. The van der Waals surface area contributed by atoms with Gasteiger partial charge in [-0.05, 0) is 41.0 Å². The van der Waals surface area contributed by atoms with E-state index in [9.17, 15) is 4.79 Å². The summed E-state index contributed by atoms with van der Waals surface area (Å²) in [4.78, 5) is 20.7. The minimum Gasteiger partial charge on any atom is -0.334 e. The quantitative estimate of drug-likeness (QED) is 0.555. The van der Waals surface area contributed by atoms with Gasteiger partial charge in [-0.1, -0.05) is 12.1 Å². The van der Waals surface area contributed by atoms with Crippen LogP contribution >= 0.6 is 0 Å². The van der Waals surface area contributed by atoms with Crippen molar-refractivity contribution in [2.24, 2.45) is 14.1 Å². The third kappa shape index (κ3) is 2.51. The van der Waals surface area contributed by atoms with Gasteiger partial charge in [0.2, 0.25) is 5.56 Å². The van der Waals surface area contributed by atoms with Gasteiger partial charge in [-0.3, -0.25) is 9.78 Å². The summed E-state index contributed by atoms with van der Waals surface area (Å²) in [6, 6.07) is 12.0. The lowest BCUT2D eigenvalue weighted by molar-refractivity contribution is 0.862. The van der Waals surface area contributed by atoms with Crippen molar-refractivity contribution in [2.45, 2.75) is 6.42 Å². The van der Waals surface area contributed by atoms with Gasteiger partial charge in [0.25, 0.3) is 0 Å². The van der Waals surface area contributed by atoms with Gasteiger partial charge in [0, 0.05) is 50.1 Å². The molecule has 1 aliphatic carbocycles. The van der Waals surface area contributed by atoms with Crippen LogP contribution in [-0.2, 0) is 20.5 Å². The number of aryl methyl sites for hydroxylation is 2. The second-order valence-electron chi connectivity index (χ2n) is 6.97. The van der Waals surface area contributed by atoms with E-state index in [1.54, 1.807) is 17.7 Å². The van der Waals surface area contributed by atoms with Crippen LogP contribution in [0, 0.1) is 0 Å². The SMILES string of the molecule is Cn1cc(-c2cnc3c(c2)C(c2ccc4ncn(C)c4c2)=CC3)ccc1=O. The van der Waals surface area contributed by atoms with Gasteiger partial charge in [0.15, 0.2) is 0 Å². The minimum absolute atomic E-state index is 0.0158. The van der Waals surface area contributed by atoms with E-state index in [0.29, 0.717) is 0 Å². The maximum atomic E-state index is 11.7. The molecule has 0 saturated carbocycles. The van der Waals surface area contributed by atoms with Crippen molar-refractivity contribution in [1.82, 2.24) is 19.1 Å². The van der Waals surface area contributed by atoms with E-state index >= 15 is 0 Å². The van der Waals surface area contributed by atoms with Crippen LogP contribution in [0.1, 0.15) is 16.8 Å². The van der Waals surface area contributed by atoms with Crippen LogP contribution in [0.5, 0.6) is 0 Å². The van der Waals surface area contributed by atoms with Crippen molar-refractivity contribution in [2.75, 3.05) is 0 Å². The lowest BCUT2D eigenvalue weighted by Crippen LogP contribution is -2.13. The Morgan fingerprint density at radius 1 is 0.926 bits per heavy atom. The lowest BCUT2D eigenvalue weighted by atomic mass is 9.98. The van der Waals surface area contributed by atoms with Gasteiger partial charge in [0.05, 0.1) is 23.1 Å². The fraction of sp³-hybridized carbons (Fsp3) is 0.136. The molecule has 0 bridgehead atoms. The number of benzene rings is 1. The number of rotatable bonds is 2. The van der Waals surface area contributed by atoms with Gasteiger partial charge < -0.3 is 9.13 Å². The molecular formula is C22H18N4O. The van der Waals surface area contributed by atoms with E-state index in [1.165, 1.54) is 11.1 Å². The summed E-state index contributed by atoms with van der Waals surface area (Å²) in [5.74, 6) is 0. The third-order valence-corrected chi connectivity index (χ3v) is 5.22. The first kappa shape index (κ1) is 15.8. The second-order valence-corrected chi connectivity index (χ2v) is 6.97.